The molecule has 2 aromatic carbocycles. The molecule has 0 bridgehead atoms. The summed E-state index contributed by atoms with van der Waals surface area (Å²) in [6.07, 6.45) is 2.64. The van der Waals surface area contributed by atoms with Crippen molar-refractivity contribution in [3.63, 3.8) is 0 Å². The largest absolute Gasteiger partial charge is 0.457 e. The number of thioether (sulfide) groups is 1. The van der Waals surface area contributed by atoms with Crippen molar-refractivity contribution < 1.29 is 9.21 Å². The maximum Gasteiger partial charge on any atom is 0.270 e. The van der Waals surface area contributed by atoms with Crippen molar-refractivity contribution in [1.82, 2.24) is 0 Å². The van der Waals surface area contributed by atoms with Gasteiger partial charge in [-0.3, -0.25) is 9.69 Å². The van der Waals surface area contributed by atoms with E-state index in [0.717, 1.165) is 12.1 Å². The predicted octanol–water partition coefficient (Wildman–Crippen LogP) is 7.22. The highest BCUT2D eigenvalue weighted by Crippen LogP contribution is 2.37. The lowest BCUT2D eigenvalue weighted by atomic mass is 10.1. The first-order valence-electron chi connectivity index (χ1n) is 8.88. The van der Waals surface area contributed by atoms with Crippen LogP contribution in [0.15, 0.2) is 63.9 Å². The summed E-state index contributed by atoms with van der Waals surface area (Å²) < 4.78 is 6.37. The van der Waals surface area contributed by atoms with Crippen LogP contribution in [0.1, 0.15) is 18.2 Å². The van der Waals surface area contributed by atoms with Crippen LogP contribution in [0.3, 0.4) is 0 Å². The molecule has 7 heteroatoms. The molecule has 3 nitrogen and oxygen atoms in total. The zero-order valence-corrected chi connectivity index (χ0v) is 18.5. The van der Waals surface area contributed by atoms with Gasteiger partial charge in [-0.25, -0.2) is 0 Å². The molecular weight excluding hydrogens is 445 g/mol. The average Bonchev–Trinajstić information content (AvgIpc) is 3.28. The summed E-state index contributed by atoms with van der Waals surface area (Å²) >= 11 is 19.0. The first-order chi connectivity index (χ1) is 14.0. The van der Waals surface area contributed by atoms with Crippen LogP contribution in [0.4, 0.5) is 5.69 Å². The molecule has 0 spiro atoms. The quantitative estimate of drug-likeness (QED) is 0.304. The van der Waals surface area contributed by atoms with Crippen LogP contribution < -0.4 is 4.90 Å². The van der Waals surface area contributed by atoms with Crippen LogP contribution in [0, 0.1) is 0 Å². The SMILES string of the molecule is CCc1ccc(N2C(=O)C(=Cc3ccc(-c4cc(Cl)ccc4Cl)o3)SC2=S)cc1. The summed E-state index contributed by atoms with van der Waals surface area (Å²) in [6, 6.07) is 16.6. The lowest BCUT2D eigenvalue weighted by molar-refractivity contribution is -0.113. The van der Waals surface area contributed by atoms with Crippen LogP contribution in [0.2, 0.25) is 10.0 Å². The van der Waals surface area contributed by atoms with Crippen molar-refractivity contribution in [2.75, 3.05) is 4.90 Å². The van der Waals surface area contributed by atoms with Gasteiger partial charge in [0.25, 0.3) is 5.91 Å². The molecule has 0 radical (unpaired) electrons. The van der Waals surface area contributed by atoms with Crippen molar-refractivity contribution >= 4 is 69.2 Å². The second-order valence-corrected chi connectivity index (χ2v) is 8.88. The van der Waals surface area contributed by atoms with Gasteiger partial charge in [-0.05, 0) is 54.4 Å². The minimum Gasteiger partial charge on any atom is -0.457 e. The number of halogens is 2. The summed E-state index contributed by atoms with van der Waals surface area (Å²) in [5.41, 5.74) is 2.67. The molecule has 1 aliphatic rings. The second-order valence-electron chi connectivity index (χ2n) is 6.36. The van der Waals surface area contributed by atoms with Crippen LogP contribution in [0.5, 0.6) is 0 Å². The summed E-state index contributed by atoms with van der Waals surface area (Å²) in [4.78, 5) is 15.0. The maximum absolute atomic E-state index is 12.9. The van der Waals surface area contributed by atoms with Crippen LogP contribution in [-0.2, 0) is 11.2 Å². The average molecular weight is 460 g/mol. The molecule has 0 aliphatic carbocycles. The summed E-state index contributed by atoms with van der Waals surface area (Å²) in [5, 5.41) is 1.11. The Hall–Kier alpha value is -2.05. The van der Waals surface area contributed by atoms with Crippen LogP contribution in [-0.4, -0.2) is 10.2 Å². The Morgan fingerprint density at radius 2 is 1.86 bits per heavy atom. The molecule has 2 heterocycles. The van der Waals surface area contributed by atoms with E-state index in [1.54, 1.807) is 41.3 Å². The third-order valence-electron chi connectivity index (χ3n) is 4.49. The number of hydrogen-bond acceptors (Lipinski definition) is 4. The van der Waals surface area contributed by atoms with E-state index in [4.69, 9.17) is 39.8 Å². The standard InChI is InChI=1S/C22H15Cl2NO2S2/c1-2-13-3-6-15(7-4-13)25-21(26)20(29-22(25)28)12-16-8-10-19(27-16)17-11-14(23)5-9-18(17)24/h3-12H,2H2,1H3. The molecule has 29 heavy (non-hydrogen) atoms. The van der Waals surface area contributed by atoms with E-state index in [1.165, 1.54) is 17.3 Å². The van der Waals surface area contributed by atoms with Crippen molar-refractivity contribution in [3.05, 3.63) is 80.9 Å². The van der Waals surface area contributed by atoms with E-state index < -0.39 is 0 Å². The molecule has 1 aliphatic heterocycles. The Labute approximate surface area is 188 Å². The summed E-state index contributed by atoms with van der Waals surface area (Å²) in [7, 11) is 0. The molecule has 1 fully saturated rings. The number of rotatable bonds is 4. The molecule has 3 aromatic rings. The highest BCUT2D eigenvalue weighted by atomic mass is 35.5. The fraction of sp³-hybridized carbons (Fsp3) is 0.0909. The Bertz CT molecular complexity index is 1140. The first-order valence-corrected chi connectivity index (χ1v) is 10.9. The Morgan fingerprint density at radius 1 is 1.10 bits per heavy atom. The highest BCUT2D eigenvalue weighted by Gasteiger charge is 2.33. The normalized spacial score (nSPS) is 15.6. The minimum atomic E-state index is -0.164. The third kappa shape index (κ3) is 4.14. The second kappa shape index (κ2) is 8.36. The van der Waals surface area contributed by atoms with Gasteiger partial charge in [0.1, 0.15) is 11.5 Å². The number of furan rings is 1. The van der Waals surface area contributed by atoms with Gasteiger partial charge in [0.15, 0.2) is 4.32 Å². The Balaban J connectivity index is 1.61. The number of carbonyl (C=O) groups is 1. The van der Waals surface area contributed by atoms with E-state index in [9.17, 15) is 4.79 Å². The third-order valence-corrected chi connectivity index (χ3v) is 6.36. The molecular formula is C22H15Cl2NO2S2. The van der Waals surface area contributed by atoms with Crippen LogP contribution in [0.25, 0.3) is 17.4 Å². The van der Waals surface area contributed by atoms with Gasteiger partial charge >= 0.3 is 0 Å². The molecule has 1 saturated heterocycles. The van der Waals surface area contributed by atoms with Gasteiger partial charge in [0.05, 0.1) is 15.6 Å². The van der Waals surface area contributed by atoms with Crippen molar-refractivity contribution in [1.29, 1.82) is 0 Å². The monoisotopic (exact) mass is 459 g/mol. The number of thiocarbonyl (C=S) groups is 1. The van der Waals surface area contributed by atoms with E-state index in [2.05, 4.69) is 6.92 Å². The molecule has 0 N–H and O–H groups in total. The molecule has 0 saturated carbocycles. The van der Waals surface area contributed by atoms with Crippen molar-refractivity contribution in [2.24, 2.45) is 0 Å². The Kier molecular flexibility index (Phi) is 5.83. The minimum absolute atomic E-state index is 0.164. The number of anilines is 1. The molecule has 1 aromatic heterocycles. The first kappa shape index (κ1) is 20.2. The van der Waals surface area contributed by atoms with Gasteiger partial charge < -0.3 is 4.42 Å². The van der Waals surface area contributed by atoms with Crippen molar-refractivity contribution in [3.8, 4) is 11.3 Å². The number of aryl methyl sites for hydroxylation is 1. The smallest absolute Gasteiger partial charge is 0.270 e. The number of carbonyl (C=O) groups excluding carboxylic acids is 1. The van der Waals surface area contributed by atoms with Gasteiger partial charge in [-0.15, -0.1) is 0 Å². The molecule has 0 atom stereocenters. The summed E-state index contributed by atoms with van der Waals surface area (Å²) in [6.45, 7) is 2.09. The van der Waals surface area contributed by atoms with Crippen LogP contribution >= 0.6 is 47.2 Å². The zero-order valence-electron chi connectivity index (χ0n) is 15.3. The van der Waals surface area contributed by atoms with Crippen molar-refractivity contribution in [2.45, 2.75) is 13.3 Å². The Morgan fingerprint density at radius 3 is 2.59 bits per heavy atom. The molecule has 4 rings (SSSR count). The maximum atomic E-state index is 12.9. The molecule has 1 amide bonds. The number of benzene rings is 2. The van der Waals surface area contributed by atoms with Gasteiger partial charge in [-0.2, -0.15) is 0 Å². The highest BCUT2D eigenvalue weighted by molar-refractivity contribution is 8.27. The zero-order chi connectivity index (χ0) is 20.5. The number of nitrogens with zero attached hydrogens (tertiary/aromatic N) is 1. The van der Waals surface area contributed by atoms with Gasteiger partial charge in [0.2, 0.25) is 0 Å². The number of amides is 1. The predicted molar refractivity (Wildman–Crippen MR) is 126 cm³/mol. The fourth-order valence-corrected chi connectivity index (χ4v) is 4.62. The van der Waals surface area contributed by atoms with E-state index >= 15 is 0 Å². The summed E-state index contributed by atoms with van der Waals surface area (Å²) in [5.74, 6) is 0.954. The van der Waals surface area contributed by atoms with E-state index in [-0.39, 0.29) is 5.91 Å². The van der Waals surface area contributed by atoms with Gasteiger partial charge in [0, 0.05) is 16.7 Å². The lowest BCUT2D eigenvalue weighted by Gasteiger charge is -2.14. The number of hydrogen-bond donors (Lipinski definition) is 0. The van der Waals surface area contributed by atoms with Gasteiger partial charge in [-0.1, -0.05) is 66.2 Å². The molecule has 146 valence electrons. The topological polar surface area (TPSA) is 33.5 Å². The lowest BCUT2D eigenvalue weighted by Crippen LogP contribution is -2.27. The van der Waals surface area contributed by atoms with E-state index in [1.807, 2.05) is 24.3 Å². The fourth-order valence-electron chi connectivity index (χ4n) is 2.96. The molecule has 0 unspecified atom stereocenters. The van der Waals surface area contributed by atoms with E-state index in [0.29, 0.717) is 36.4 Å².